The largest absolute Gasteiger partial charge is 0.417 e. The van der Waals surface area contributed by atoms with E-state index in [1.54, 1.807) is 35.9 Å². The number of carbonyl (C=O) groups is 1. The first-order valence-corrected chi connectivity index (χ1v) is 10.4. The minimum atomic E-state index is -4.52. The number of amides is 1. The zero-order valence-electron chi connectivity index (χ0n) is 17.5. The number of benzene rings is 1. The molecule has 0 bridgehead atoms. The number of halogens is 4. The van der Waals surface area contributed by atoms with Gasteiger partial charge < -0.3 is 9.80 Å². The third-order valence-corrected chi connectivity index (χ3v) is 6.06. The van der Waals surface area contributed by atoms with Crippen LogP contribution in [0.2, 0.25) is 5.02 Å². The number of hydrogen-bond donors (Lipinski definition) is 0. The van der Waals surface area contributed by atoms with Gasteiger partial charge in [-0.05, 0) is 31.4 Å². The zero-order valence-corrected chi connectivity index (χ0v) is 18.2. The molecule has 1 aromatic heterocycles. The Labute approximate surface area is 187 Å². The van der Waals surface area contributed by atoms with Gasteiger partial charge in [0.05, 0.1) is 21.6 Å². The van der Waals surface area contributed by atoms with Gasteiger partial charge in [0.2, 0.25) is 5.91 Å². The number of nitrogens with zero attached hydrogens (tertiary/aromatic N) is 4. The van der Waals surface area contributed by atoms with Gasteiger partial charge in [-0.1, -0.05) is 23.7 Å². The predicted molar refractivity (Wildman–Crippen MR) is 113 cm³/mol. The molecule has 0 aliphatic carbocycles. The highest BCUT2D eigenvalue weighted by Crippen LogP contribution is 2.35. The Bertz CT molecular complexity index is 1010. The van der Waals surface area contributed by atoms with Crippen LogP contribution < -0.4 is 4.90 Å². The van der Waals surface area contributed by atoms with Gasteiger partial charge in [-0.15, -0.1) is 0 Å². The lowest BCUT2D eigenvalue weighted by molar-refractivity contribution is -0.384. The lowest BCUT2D eigenvalue weighted by atomic mass is 9.94. The Balaban J connectivity index is 1.64. The van der Waals surface area contributed by atoms with Crippen LogP contribution in [0.15, 0.2) is 36.5 Å². The van der Waals surface area contributed by atoms with E-state index < -0.39 is 16.7 Å². The molecule has 0 radical (unpaired) electrons. The van der Waals surface area contributed by atoms with Crippen molar-refractivity contribution >= 4 is 29.0 Å². The predicted octanol–water partition coefficient (Wildman–Crippen LogP) is 5.10. The van der Waals surface area contributed by atoms with E-state index in [4.69, 9.17) is 11.6 Å². The van der Waals surface area contributed by atoms with Crippen LogP contribution in [0.25, 0.3) is 0 Å². The van der Waals surface area contributed by atoms with E-state index in [1.807, 2.05) is 0 Å². The van der Waals surface area contributed by atoms with Crippen LogP contribution in [0.3, 0.4) is 0 Å². The maximum atomic E-state index is 13.0. The van der Waals surface area contributed by atoms with Crippen molar-refractivity contribution in [2.24, 2.45) is 5.92 Å². The monoisotopic (exact) mass is 470 g/mol. The topological polar surface area (TPSA) is 79.6 Å². The van der Waals surface area contributed by atoms with Gasteiger partial charge in [0.25, 0.3) is 5.69 Å². The number of hydrogen-bond acceptors (Lipinski definition) is 5. The summed E-state index contributed by atoms with van der Waals surface area (Å²) in [6.07, 6.45) is -2.78. The third kappa shape index (κ3) is 5.12. The lowest BCUT2D eigenvalue weighted by Gasteiger charge is -2.35. The van der Waals surface area contributed by atoms with E-state index >= 15 is 0 Å². The fourth-order valence-corrected chi connectivity index (χ4v) is 4.04. The van der Waals surface area contributed by atoms with Crippen LogP contribution in [0, 0.1) is 16.0 Å². The van der Waals surface area contributed by atoms with Gasteiger partial charge >= 0.3 is 6.18 Å². The van der Waals surface area contributed by atoms with Crippen molar-refractivity contribution in [1.82, 2.24) is 9.88 Å². The summed E-state index contributed by atoms with van der Waals surface area (Å²) in [4.78, 5) is 30.8. The molecule has 1 aliphatic heterocycles. The molecule has 0 saturated carbocycles. The Hall–Kier alpha value is -2.88. The number of piperidine rings is 1. The molecule has 7 nitrogen and oxygen atoms in total. The molecule has 0 N–H and O–H groups in total. The third-order valence-electron chi connectivity index (χ3n) is 5.78. The summed E-state index contributed by atoms with van der Waals surface area (Å²) in [5, 5.41) is 10.9. The number of carbonyl (C=O) groups excluding carboxylic acids is 1. The maximum Gasteiger partial charge on any atom is 0.417 e. The molecule has 11 heteroatoms. The molecule has 0 spiro atoms. The molecule has 2 aromatic rings. The second-order valence-corrected chi connectivity index (χ2v) is 8.17. The van der Waals surface area contributed by atoms with Crippen molar-refractivity contribution in [3.05, 3.63) is 62.8 Å². The Kier molecular flexibility index (Phi) is 6.92. The van der Waals surface area contributed by atoms with Gasteiger partial charge in [-0.2, -0.15) is 13.2 Å². The van der Waals surface area contributed by atoms with Crippen molar-refractivity contribution in [3.8, 4) is 0 Å². The number of non-ortho nitro benzene ring substituents is 1. The number of anilines is 1. The second-order valence-electron chi connectivity index (χ2n) is 7.77. The standard InChI is InChI=1S/C21H22ClF3N4O3/c1-13(15-4-3-5-17(10-15)29(31)32)27(2)20(30)14-6-8-28(9-7-14)19-18(22)11-16(12-26-19)21(23,24)25/h3-5,10-14H,6-9H2,1-2H3. The molecule has 2 heterocycles. The Morgan fingerprint density at radius 3 is 2.53 bits per heavy atom. The Morgan fingerprint density at radius 2 is 1.97 bits per heavy atom. The van der Waals surface area contributed by atoms with E-state index in [0.717, 1.165) is 12.3 Å². The number of rotatable bonds is 5. The van der Waals surface area contributed by atoms with E-state index in [1.165, 1.54) is 12.1 Å². The number of alkyl halides is 3. The van der Waals surface area contributed by atoms with Crippen molar-refractivity contribution in [2.45, 2.75) is 32.0 Å². The van der Waals surface area contributed by atoms with Gasteiger partial charge in [0.1, 0.15) is 5.82 Å². The molecular formula is C21H22ClF3N4O3. The first-order valence-electron chi connectivity index (χ1n) is 9.97. The molecule has 3 rings (SSSR count). The Morgan fingerprint density at radius 1 is 1.31 bits per heavy atom. The molecule has 1 atom stereocenters. The van der Waals surface area contributed by atoms with Crippen molar-refractivity contribution in [1.29, 1.82) is 0 Å². The van der Waals surface area contributed by atoms with Crippen LogP contribution in [0.5, 0.6) is 0 Å². The molecule has 1 unspecified atom stereocenters. The fraction of sp³-hybridized carbons (Fsp3) is 0.429. The molecule has 1 fully saturated rings. The van der Waals surface area contributed by atoms with E-state index in [9.17, 15) is 28.1 Å². The number of aromatic nitrogens is 1. The zero-order chi connectivity index (χ0) is 23.6. The molecule has 32 heavy (non-hydrogen) atoms. The normalized spacial score (nSPS) is 16.0. The number of pyridine rings is 1. The number of nitro groups is 1. The van der Waals surface area contributed by atoms with E-state index in [0.29, 0.717) is 31.5 Å². The van der Waals surface area contributed by atoms with Crippen molar-refractivity contribution in [2.75, 3.05) is 25.0 Å². The summed E-state index contributed by atoms with van der Waals surface area (Å²) in [7, 11) is 1.66. The maximum absolute atomic E-state index is 13.0. The lowest BCUT2D eigenvalue weighted by Crippen LogP contribution is -2.42. The minimum absolute atomic E-state index is 0.0376. The fourth-order valence-electron chi connectivity index (χ4n) is 3.76. The van der Waals surface area contributed by atoms with Crippen LogP contribution in [0.1, 0.15) is 36.9 Å². The summed E-state index contributed by atoms with van der Waals surface area (Å²) in [6.45, 7) is 2.65. The summed E-state index contributed by atoms with van der Waals surface area (Å²) in [5.41, 5.74) is -0.286. The summed E-state index contributed by atoms with van der Waals surface area (Å²) in [5.74, 6) is -0.0929. The molecule has 1 amide bonds. The second kappa shape index (κ2) is 9.32. The summed E-state index contributed by atoms with van der Waals surface area (Å²) >= 11 is 6.04. The van der Waals surface area contributed by atoms with Crippen LogP contribution >= 0.6 is 11.6 Å². The molecule has 172 valence electrons. The first-order chi connectivity index (χ1) is 15.0. The van der Waals surface area contributed by atoms with E-state index in [2.05, 4.69) is 4.98 Å². The van der Waals surface area contributed by atoms with E-state index in [-0.39, 0.29) is 34.4 Å². The average molecular weight is 471 g/mol. The summed E-state index contributed by atoms with van der Waals surface area (Å²) < 4.78 is 38.5. The quantitative estimate of drug-likeness (QED) is 0.449. The van der Waals surface area contributed by atoms with Gasteiger partial charge in [0, 0.05) is 44.4 Å². The molecular weight excluding hydrogens is 449 g/mol. The van der Waals surface area contributed by atoms with Crippen molar-refractivity contribution < 1.29 is 22.9 Å². The van der Waals surface area contributed by atoms with Crippen molar-refractivity contribution in [3.63, 3.8) is 0 Å². The van der Waals surface area contributed by atoms with Crippen LogP contribution in [-0.2, 0) is 11.0 Å². The molecule has 1 saturated heterocycles. The van der Waals surface area contributed by atoms with Crippen LogP contribution in [-0.4, -0.2) is 40.9 Å². The number of nitro benzene ring substituents is 1. The van der Waals surface area contributed by atoms with Crippen LogP contribution in [0.4, 0.5) is 24.7 Å². The summed E-state index contributed by atoms with van der Waals surface area (Å²) in [6, 6.07) is 6.68. The SMILES string of the molecule is CC(c1cccc([N+](=O)[O-])c1)N(C)C(=O)C1CCN(c2ncc(C(F)(F)F)cc2Cl)CC1. The highest BCUT2D eigenvalue weighted by atomic mass is 35.5. The minimum Gasteiger partial charge on any atom is -0.355 e. The smallest absolute Gasteiger partial charge is 0.355 e. The molecule has 1 aliphatic rings. The van der Waals surface area contributed by atoms with Gasteiger partial charge in [-0.3, -0.25) is 14.9 Å². The average Bonchev–Trinajstić information content (AvgIpc) is 2.77. The van der Waals surface area contributed by atoms with Gasteiger partial charge in [-0.25, -0.2) is 4.98 Å². The molecule has 1 aromatic carbocycles. The van der Waals surface area contributed by atoms with Gasteiger partial charge in [0.15, 0.2) is 0 Å². The highest BCUT2D eigenvalue weighted by molar-refractivity contribution is 6.33. The highest BCUT2D eigenvalue weighted by Gasteiger charge is 2.34. The first kappa shape index (κ1) is 23.8.